The molecule has 12 heavy (non-hydrogen) atoms. The molecular weight excluding hydrogens is 152 g/mol. The molecule has 0 aliphatic carbocycles. The Kier molecular flexibility index (Phi) is 2.13. The summed E-state index contributed by atoms with van der Waals surface area (Å²) in [6.45, 7) is 4.38. The summed E-state index contributed by atoms with van der Waals surface area (Å²) in [5.41, 5.74) is 0. The third kappa shape index (κ3) is 1.50. The van der Waals surface area contributed by atoms with Crippen LogP contribution >= 0.6 is 0 Å². The van der Waals surface area contributed by atoms with E-state index in [-0.39, 0.29) is 0 Å². The van der Waals surface area contributed by atoms with Gasteiger partial charge in [-0.3, -0.25) is 4.90 Å². The van der Waals surface area contributed by atoms with E-state index < -0.39 is 0 Å². The molecule has 0 radical (unpaired) electrons. The fraction of sp³-hybridized carbons (Fsp3) is 0.667. The van der Waals surface area contributed by atoms with Gasteiger partial charge in [-0.05, 0) is 26.3 Å². The molecule has 1 aromatic rings. The summed E-state index contributed by atoms with van der Waals surface area (Å²) in [6.07, 6.45) is 4.33. The summed E-state index contributed by atoms with van der Waals surface area (Å²) in [4.78, 5) is 2.43. The van der Waals surface area contributed by atoms with Crippen LogP contribution in [-0.2, 0) is 6.54 Å². The van der Waals surface area contributed by atoms with E-state index in [1.165, 1.54) is 19.4 Å². The van der Waals surface area contributed by atoms with E-state index in [0.717, 1.165) is 12.3 Å². The molecule has 3 heteroatoms. The van der Waals surface area contributed by atoms with Crippen molar-refractivity contribution < 1.29 is 4.52 Å². The van der Waals surface area contributed by atoms with Crippen LogP contribution in [0.2, 0.25) is 0 Å². The normalized spacial score (nSPS) is 24.9. The molecule has 0 aromatic carbocycles. The van der Waals surface area contributed by atoms with Gasteiger partial charge in [-0.25, -0.2) is 0 Å². The van der Waals surface area contributed by atoms with Crippen LogP contribution < -0.4 is 0 Å². The van der Waals surface area contributed by atoms with Crippen molar-refractivity contribution in [3.63, 3.8) is 0 Å². The maximum absolute atomic E-state index is 5.05. The Morgan fingerprint density at radius 3 is 3.25 bits per heavy atom. The first-order valence-corrected chi connectivity index (χ1v) is 4.50. The monoisotopic (exact) mass is 166 g/mol. The van der Waals surface area contributed by atoms with E-state index in [9.17, 15) is 0 Å². The molecule has 1 fully saturated rings. The predicted molar refractivity (Wildman–Crippen MR) is 45.6 cm³/mol. The standard InChI is InChI=1S/C9H14N2O/c1-8-3-2-6-11(8)7-9-4-5-10-12-9/h4-5,8H,2-3,6-7H2,1H3. The van der Waals surface area contributed by atoms with Crippen LogP contribution in [0.15, 0.2) is 16.8 Å². The van der Waals surface area contributed by atoms with Crippen LogP contribution in [0.4, 0.5) is 0 Å². The van der Waals surface area contributed by atoms with Crippen molar-refractivity contribution >= 4 is 0 Å². The van der Waals surface area contributed by atoms with Crippen molar-refractivity contribution in [2.75, 3.05) is 6.54 Å². The van der Waals surface area contributed by atoms with Crippen molar-refractivity contribution in [1.29, 1.82) is 0 Å². The Morgan fingerprint density at radius 1 is 1.75 bits per heavy atom. The number of rotatable bonds is 2. The van der Waals surface area contributed by atoms with E-state index in [1.54, 1.807) is 6.20 Å². The average molecular weight is 166 g/mol. The predicted octanol–water partition coefficient (Wildman–Crippen LogP) is 1.66. The molecule has 66 valence electrons. The van der Waals surface area contributed by atoms with Gasteiger partial charge >= 0.3 is 0 Å². The minimum Gasteiger partial charge on any atom is -0.360 e. The fourth-order valence-electron chi connectivity index (χ4n) is 1.75. The van der Waals surface area contributed by atoms with Crippen molar-refractivity contribution in [2.24, 2.45) is 0 Å². The summed E-state index contributed by atoms with van der Waals surface area (Å²) in [6, 6.07) is 2.64. The van der Waals surface area contributed by atoms with Gasteiger partial charge in [-0.15, -0.1) is 0 Å². The summed E-state index contributed by atoms with van der Waals surface area (Å²) < 4.78 is 5.05. The van der Waals surface area contributed by atoms with Gasteiger partial charge in [-0.2, -0.15) is 0 Å². The Balaban J connectivity index is 1.95. The van der Waals surface area contributed by atoms with E-state index in [4.69, 9.17) is 4.52 Å². The van der Waals surface area contributed by atoms with Gasteiger partial charge in [0.2, 0.25) is 0 Å². The van der Waals surface area contributed by atoms with E-state index in [0.29, 0.717) is 6.04 Å². The quantitative estimate of drug-likeness (QED) is 0.669. The van der Waals surface area contributed by atoms with Crippen LogP contribution in [0.5, 0.6) is 0 Å². The van der Waals surface area contributed by atoms with E-state index in [2.05, 4.69) is 17.0 Å². The second kappa shape index (κ2) is 3.27. The Labute approximate surface area is 72.3 Å². The lowest BCUT2D eigenvalue weighted by molar-refractivity contribution is 0.226. The van der Waals surface area contributed by atoms with Crippen LogP contribution in [-0.4, -0.2) is 22.6 Å². The van der Waals surface area contributed by atoms with Crippen LogP contribution in [0, 0.1) is 0 Å². The topological polar surface area (TPSA) is 29.3 Å². The van der Waals surface area contributed by atoms with Gasteiger partial charge in [0.05, 0.1) is 12.7 Å². The minimum absolute atomic E-state index is 0.704. The lowest BCUT2D eigenvalue weighted by Crippen LogP contribution is -2.25. The number of hydrogen-bond acceptors (Lipinski definition) is 3. The number of likely N-dealkylation sites (tertiary alicyclic amines) is 1. The first kappa shape index (κ1) is 7.80. The Bertz CT molecular complexity index is 233. The molecule has 0 bridgehead atoms. The molecular formula is C9H14N2O. The van der Waals surface area contributed by atoms with Crippen LogP contribution in [0.1, 0.15) is 25.5 Å². The van der Waals surface area contributed by atoms with Crippen LogP contribution in [0.25, 0.3) is 0 Å². The molecule has 3 nitrogen and oxygen atoms in total. The molecule has 1 aromatic heterocycles. The van der Waals surface area contributed by atoms with Crippen molar-refractivity contribution in [3.05, 3.63) is 18.0 Å². The first-order valence-electron chi connectivity index (χ1n) is 4.50. The summed E-state index contributed by atoms with van der Waals surface area (Å²) >= 11 is 0. The summed E-state index contributed by atoms with van der Waals surface area (Å²) in [5.74, 6) is 0.976. The molecule has 1 aliphatic rings. The third-order valence-electron chi connectivity index (χ3n) is 2.54. The number of nitrogens with zero attached hydrogens (tertiary/aromatic N) is 2. The zero-order valence-corrected chi connectivity index (χ0v) is 7.36. The highest BCUT2D eigenvalue weighted by Gasteiger charge is 2.20. The lowest BCUT2D eigenvalue weighted by atomic mass is 10.2. The fourth-order valence-corrected chi connectivity index (χ4v) is 1.75. The second-order valence-electron chi connectivity index (χ2n) is 3.44. The van der Waals surface area contributed by atoms with Gasteiger partial charge in [0.25, 0.3) is 0 Å². The average Bonchev–Trinajstić information content (AvgIpc) is 2.65. The second-order valence-corrected chi connectivity index (χ2v) is 3.44. The molecule has 0 spiro atoms. The highest BCUT2D eigenvalue weighted by Crippen LogP contribution is 2.18. The Morgan fingerprint density at radius 2 is 2.67 bits per heavy atom. The minimum atomic E-state index is 0.704. The first-order chi connectivity index (χ1) is 5.86. The van der Waals surface area contributed by atoms with Gasteiger partial charge in [0.15, 0.2) is 5.76 Å². The van der Waals surface area contributed by atoms with Crippen molar-refractivity contribution in [3.8, 4) is 0 Å². The van der Waals surface area contributed by atoms with Crippen molar-refractivity contribution in [1.82, 2.24) is 10.1 Å². The molecule has 0 amide bonds. The van der Waals surface area contributed by atoms with E-state index >= 15 is 0 Å². The smallest absolute Gasteiger partial charge is 0.150 e. The summed E-state index contributed by atoms with van der Waals surface area (Å²) in [5, 5.41) is 3.69. The molecule has 1 unspecified atom stereocenters. The zero-order chi connectivity index (χ0) is 8.39. The molecule has 1 saturated heterocycles. The third-order valence-corrected chi connectivity index (χ3v) is 2.54. The highest BCUT2D eigenvalue weighted by atomic mass is 16.5. The van der Waals surface area contributed by atoms with Crippen LogP contribution in [0.3, 0.4) is 0 Å². The van der Waals surface area contributed by atoms with E-state index in [1.807, 2.05) is 6.07 Å². The van der Waals surface area contributed by atoms with Gasteiger partial charge in [0, 0.05) is 12.1 Å². The molecule has 0 N–H and O–H groups in total. The van der Waals surface area contributed by atoms with Gasteiger partial charge in [-0.1, -0.05) is 5.16 Å². The number of hydrogen-bond donors (Lipinski definition) is 0. The molecule has 1 atom stereocenters. The molecule has 2 rings (SSSR count). The maximum Gasteiger partial charge on any atom is 0.150 e. The molecule has 2 heterocycles. The zero-order valence-electron chi connectivity index (χ0n) is 7.36. The highest BCUT2D eigenvalue weighted by molar-refractivity contribution is 4.94. The largest absolute Gasteiger partial charge is 0.360 e. The Hall–Kier alpha value is -0.830. The van der Waals surface area contributed by atoms with Gasteiger partial charge < -0.3 is 4.52 Å². The molecule has 1 aliphatic heterocycles. The lowest BCUT2D eigenvalue weighted by Gasteiger charge is -2.18. The maximum atomic E-state index is 5.05. The van der Waals surface area contributed by atoms with Crippen molar-refractivity contribution in [2.45, 2.75) is 32.4 Å². The van der Waals surface area contributed by atoms with Gasteiger partial charge in [0.1, 0.15) is 0 Å². The number of aromatic nitrogens is 1. The summed E-state index contributed by atoms with van der Waals surface area (Å²) in [7, 11) is 0. The SMILES string of the molecule is CC1CCCN1Cc1ccno1. The molecule has 0 saturated carbocycles.